The lowest BCUT2D eigenvalue weighted by molar-refractivity contribution is 0.301. The number of hydrogen-bond acceptors (Lipinski definition) is 3. The van der Waals surface area contributed by atoms with Gasteiger partial charge in [0.2, 0.25) is 0 Å². The highest BCUT2D eigenvalue weighted by molar-refractivity contribution is 5.79. The standard InChI is InChI=1S/C21H30N4O/c1-17(2)7-6-14-24-21(22-3)25-15-18-9-11-20(12-10-18)26-16-19-8-4-5-13-23-19/h4-5,8-13,17H,6-7,14-16H2,1-3H3,(H2,22,24,25). The molecule has 0 bridgehead atoms. The first-order valence-electron chi connectivity index (χ1n) is 9.23. The summed E-state index contributed by atoms with van der Waals surface area (Å²) in [7, 11) is 1.80. The quantitative estimate of drug-likeness (QED) is 0.409. The van der Waals surface area contributed by atoms with Gasteiger partial charge in [0.05, 0.1) is 5.69 Å². The molecule has 0 spiro atoms. The van der Waals surface area contributed by atoms with E-state index in [1.807, 2.05) is 30.3 Å². The average Bonchev–Trinajstić information content (AvgIpc) is 2.67. The highest BCUT2D eigenvalue weighted by Gasteiger charge is 2.01. The molecule has 2 aromatic rings. The summed E-state index contributed by atoms with van der Waals surface area (Å²) in [6.45, 7) is 6.64. The number of benzene rings is 1. The van der Waals surface area contributed by atoms with E-state index in [4.69, 9.17) is 4.74 Å². The molecule has 0 radical (unpaired) electrons. The SMILES string of the molecule is CN=C(NCCCC(C)C)NCc1ccc(OCc2ccccn2)cc1. The number of guanidine groups is 1. The average molecular weight is 354 g/mol. The fourth-order valence-corrected chi connectivity index (χ4v) is 2.47. The topological polar surface area (TPSA) is 58.5 Å². The Labute approximate surface area is 156 Å². The molecule has 5 heteroatoms. The maximum atomic E-state index is 5.76. The van der Waals surface area contributed by atoms with Gasteiger partial charge in [-0.1, -0.05) is 32.0 Å². The van der Waals surface area contributed by atoms with Crippen LogP contribution in [0.3, 0.4) is 0 Å². The van der Waals surface area contributed by atoms with Crippen LogP contribution in [0.2, 0.25) is 0 Å². The van der Waals surface area contributed by atoms with Crippen LogP contribution in [0.1, 0.15) is 37.9 Å². The van der Waals surface area contributed by atoms with Gasteiger partial charge in [0, 0.05) is 26.3 Å². The first kappa shape index (κ1) is 19.8. The van der Waals surface area contributed by atoms with Crippen LogP contribution in [-0.2, 0) is 13.2 Å². The van der Waals surface area contributed by atoms with Gasteiger partial charge in [-0.15, -0.1) is 0 Å². The van der Waals surface area contributed by atoms with Crippen LogP contribution in [-0.4, -0.2) is 24.5 Å². The normalized spacial score (nSPS) is 11.5. The van der Waals surface area contributed by atoms with Crippen LogP contribution >= 0.6 is 0 Å². The Morgan fingerprint density at radius 3 is 2.58 bits per heavy atom. The molecular formula is C21H30N4O. The summed E-state index contributed by atoms with van der Waals surface area (Å²) in [6, 6.07) is 13.9. The number of hydrogen-bond donors (Lipinski definition) is 2. The smallest absolute Gasteiger partial charge is 0.191 e. The molecule has 5 nitrogen and oxygen atoms in total. The zero-order valence-electron chi connectivity index (χ0n) is 16.0. The molecule has 0 aliphatic heterocycles. The maximum Gasteiger partial charge on any atom is 0.191 e. The van der Waals surface area contributed by atoms with Crippen LogP contribution in [0.25, 0.3) is 0 Å². The van der Waals surface area contributed by atoms with Crippen molar-refractivity contribution in [3.05, 3.63) is 59.9 Å². The molecule has 140 valence electrons. The van der Waals surface area contributed by atoms with Crippen LogP contribution < -0.4 is 15.4 Å². The number of nitrogens with one attached hydrogen (secondary N) is 2. The highest BCUT2D eigenvalue weighted by atomic mass is 16.5. The Bertz CT molecular complexity index is 653. The summed E-state index contributed by atoms with van der Waals surface area (Å²) >= 11 is 0. The number of ether oxygens (including phenoxy) is 1. The van der Waals surface area contributed by atoms with Gasteiger partial charge < -0.3 is 15.4 Å². The third-order valence-corrected chi connectivity index (χ3v) is 3.97. The molecule has 1 aromatic carbocycles. The minimum atomic E-state index is 0.478. The Morgan fingerprint density at radius 2 is 1.92 bits per heavy atom. The summed E-state index contributed by atoms with van der Waals surface area (Å²) in [5.41, 5.74) is 2.10. The van der Waals surface area contributed by atoms with Crippen molar-refractivity contribution >= 4 is 5.96 Å². The van der Waals surface area contributed by atoms with Crippen LogP contribution in [0, 0.1) is 5.92 Å². The number of aliphatic imine (C=N–C) groups is 1. The van der Waals surface area contributed by atoms with Crippen molar-refractivity contribution < 1.29 is 4.74 Å². The minimum Gasteiger partial charge on any atom is -0.487 e. The van der Waals surface area contributed by atoms with Crippen LogP contribution in [0.5, 0.6) is 5.75 Å². The van der Waals surface area contributed by atoms with Crippen molar-refractivity contribution in [1.82, 2.24) is 15.6 Å². The van der Waals surface area contributed by atoms with Crippen LogP contribution in [0.15, 0.2) is 53.7 Å². The molecule has 2 N–H and O–H groups in total. The molecule has 0 unspecified atom stereocenters. The zero-order chi connectivity index (χ0) is 18.6. The maximum absolute atomic E-state index is 5.76. The van der Waals surface area contributed by atoms with E-state index in [-0.39, 0.29) is 0 Å². The third kappa shape index (κ3) is 7.55. The van der Waals surface area contributed by atoms with E-state index in [1.165, 1.54) is 12.0 Å². The van der Waals surface area contributed by atoms with E-state index in [0.29, 0.717) is 6.61 Å². The first-order chi connectivity index (χ1) is 12.7. The van der Waals surface area contributed by atoms with E-state index >= 15 is 0 Å². The molecule has 0 aliphatic rings. The summed E-state index contributed by atoms with van der Waals surface area (Å²) < 4.78 is 5.76. The summed E-state index contributed by atoms with van der Waals surface area (Å²) in [5, 5.41) is 6.69. The van der Waals surface area contributed by atoms with E-state index in [1.54, 1.807) is 13.2 Å². The van der Waals surface area contributed by atoms with Crippen LogP contribution in [0.4, 0.5) is 0 Å². The van der Waals surface area contributed by atoms with Gasteiger partial charge in [-0.3, -0.25) is 9.98 Å². The lowest BCUT2D eigenvalue weighted by Gasteiger charge is -2.13. The fourth-order valence-electron chi connectivity index (χ4n) is 2.47. The molecule has 1 heterocycles. The van der Waals surface area contributed by atoms with Gasteiger partial charge in [0.15, 0.2) is 5.96 Å². The molecule has 0 aliphatic carbocycles. The number of rotatable bonds is 9. The molecule has 0 fully saturated rings. The molecule has 0 saturated heterocycles. The first-order valence-corrected chi connectivity index (χ1v) is 9.23. The summed E-state index contributed by atoms with van der Waals surface area (Å²) in [6.07, 6.45) is 4.15. The molecule has 2 rings (SSSR count). The second-order valence-electron chi connectivity index (χ2n) is 6.64. The molecule has 0 atom stereocenters. The van der Waals surface area contributed by atoms with E-state index in [0.717, 1.165) is 42.8 Å². The molecule has 1 aromatic heterocycles. The summed E-state index contributed by atoms with van der Waals surface area (Å²) in [5.74, 6) is 2.42. The molecular weight excluding hydrogens is 324 g/mol. The summed E-state index contributed by atoms with van der Waals surface area (Å²) in [4.78, 5) is 8.52. The van der Waals surface area contributed by atoms with Crippen molar-refractivity contribution in [3.63, 3.8) is 0 Å². The molecule has 0 amide bonds. The van der Waals surface area contributed by atoms with E-state index in [9.17, 15) is 0 Å². The zero-order valence-corrected chi connectivity index (χ0v) is 16.0. The Kier molecular flexibility index (Phi) is 8.46. The van der Waals surface area contributed by atoms with Crippen molar-refractivity contribution in [2.45, 2.75) is 39.8 Å². The van der Waals surface area contributed by atoms with Crippen molar-refractivity contribution in [1.29, 1.82) is 0 Å². The van der Waals surface area contributed by atoms with Gasteiger partial charge in [-0.2, -0.15) is 0 Å². The monoisotopic (exact) mass is 354 g/mol. The lowest BCUT2D eigenvalue weighted by atomic mass is 10.1. The Hall–Kier alpha value is -2.56. The molecule has 26 heavy (non-hydrogen) atoms. The Morgan fingerprint density at radius 1 is 1.12 bits per heavy atom. The lowest BCUT2D eigenvalue weighted by Crippen LogP contribution is -2.37. The van der Waals surface area contributed by atoms with Gasteiger partial charge in [-0.05, 0) is 48.6 Å². The predicted octanol–water partition coefficient (Wildman–Crippen LogP) is 3.76. The number of aromatic nitrogens is 1. The van der Waals surface area contributed by atoms with Crippen molar-refractivity contribution in [3.8, 4) is 5.75 Å². The van der Waals surface area contributed by atoms with Crippen molar-refractivity contribution in [2.24, 2.45) is 10.9 Å². The highest BCUT2D eigenvalue weighted by Crippen LogP contribution is 2.13. The van der Waals surface area contributed by atoms with Gasteiger partial charge >= 0.3 is 0 Å². The Balaban J connectivity index is 1.72. The van der Waals surface area contributed by atoms with E-state index < -0.39 is 0 Å². The second-order valence-corrected chi connectivity index (χ2v) is 6.64. The minimum absolute atomic E-state index is 0.478. The fraction of sp³-hybridized carbons (Fsp3) is 0.429. The second kappa shape index (κ2) is 11.1. The van der Waals surface area contributed by atoms with Gasteiger partial charge in [-0.25, -0.2) is 0 Å². The van der Waals surface area contributed by atoms with Gasteiger partial charge in [0.1, 0.15) is 12.4 Å². The number of nitrogens with zero attached hydrogens (tertiary/aromatic N) is 2. The van der Waals surface area contributed by atoms with Crippen molar-refractivity contribution in [2.75, 3.05) is 13.6 Å². The van der Waals surface area contributed by atoms with Gasteiger partial charge in [0.25, 0.3) is 0 Å². The number of pyridine rings is 1. The molecule has 0 saturated carbocycles. The third-order valence-electron chi connectivity index (χ3n) is 3.97. The largest absolute Gasteiger partial charge is 0.487 e. The van der Waals surface area contributed by atoms with E-state index in [2.05, 4.69) is 46.6 Å². The predicted molar refractivity (Wildman–Crippen MR) is 107 cm³/mol.